The summed E-state index contributed by atoms with van der Waals surface area (Å²) in [7, 11) is -1.68. The van der Waals surface area contributed by atoms with E-state index in [0.29, 0.717) is 23.9 Å². The zero-order valence-electron chi connectivity index (χ0n) is 14.2. The number of thiophene rings is 1. The molecule has 1 saturated heterocycles. The van der Waals surface area contributed by atoms with Crippen LogP contribution in [0.5, 0.6) is 11.5 Å². The minimum Gasteiger partial charge on any atom is -0.497 e. The number of hydrogen-bond acceptors (Lipinski definition) is 5. The van der Waals surface area contributed by atoms with Crippen LogP contribution in [0.2, 0.25) is 0 Å². The summed E-state index contributed by atoms with van der Waals surface area (Å²) in [5.41, 5.74) is 0. The highest BCUT2D eigenvalue weighted by molar-refractivity contribution is 7.91. The minimum absolute atomic E-state index is 0.429. The Kier molecular flexibility index (Phi) is 5.95. The Morgan fingerprint density at radius 3 is 2.40 bits per heavy atom. The molecule has 1 N–H and O–H groups in total. The van der Waals surface area contributed by atoms with Crippen molar-refractivity contribution in [1.29, 1.82) is 0 Å². The fourth-order valence-electron chi connectivity index (χ4n) is 2.82. The molecule has 2 heterocycles. The van der Waals surface area contributed by atoms with Crippen LogP contribution in [-0.4, -0.2) is 59.2 Å². The SMILES string of the molecule is COc1ccc(OCC[NH+]2CCN(S(=O)(=O)c3cccs3)CC2)cc1. The first-order chi connectivity index (χ1) is 12.1. The number of sulfonamides is 1. The number of methoxy groups -OCH3 is 1. The van der Waals surface area contributed by atoms with E-state index in [2.05, 4.69) is 0 Å². The molecule has 1 aromatic heterocycles. The molecule has 1 aromatic carbocycles. The van der Waals surface area contributed by atoms with E-state index in [1.165, 1.54) is 16.2 Å². The highest BCUT2D eigenvalue weighted by Gasteiger charge is 2.30. The smallest absolute Gasteiger partial charge is 0.252 e. The number of rotatable bonds is 7. The zero-order valence-corrected chi connectivity index (χ0v) is 15.8. The van der Waals surface area contributed by atoms with Crippen LogP contribution in [0.4, 0.5) is 0 Å². The number of benzene rings is 1. The molecule has 0 spiro atoms. The van der Waals surface area contributed by atoms with Crippen molar-refractivity contribution in [3.05, 3.63) is 41.8 Å². The predicted octanol–water partition coefficient (Wildman–Crippen LogP) is 0.725. The third-order valence-corrected chi connectivity index (χ3v) is 7.57. The van der Waals surface area contributed by atoms with Gasteiger partial charge in [-0.25, -0.2) is 8.42 Å². The largest absolute Gasteiger partial charge is 0.497 e. The first-order valence-electron chi connectivity index (χ1n) is 8.23. The molecule has 3 rings (SSSR count). The third kappa shape index (κ3) is 4.52. The first-order valence-corrected chi connectivity index (χ1v) is 10.6. The van der Waals surface area contributed by atoms with Crippen LogP contribution in [0.3, 0.4) is 0 Å². The Balaban J connectivity index is 1.43. The zero-order chi connectivity index (χ0) is 17.7. The van der Waals surface area contributed by atoms with Gasteiger partial charge >= 0.3 is 0 Å². The van der Waals surface area contributed by atoms with E-state index in [9.17, 15) is 8.42 Å². The number of nitrogens with one attached hydrogen (secondary N) is 1. The lowest BCUT2D eigenvalue weighted by Crippen LogP contribution is -3.15. The average molecular weight is 384 g/mol. The van der Waals surface area contributed by atoms with Crippen molar-refractivity contribution in [3.63, 3.8) is 0 Å². The maximum absolute atomic E-state index is 12.5. The summed E-state index contributed by atoms with van der Waals surface area (Å²) in [5, 5.41) is 1.80. The number of nitrogens with zero attached hydrogens (tertiary/aromatic N) is 1. The van der Waals surface area contributed by atoms with Gasteiger partial charge in [-0.05, 0) is 35.7 Å². The lowest BCUT2D eigenvalue weighted by molar-refractivity contribution is -0.903. The molecule has 0 atom stereocenters. The van der Waals surface area contributed by atoms with Gasteiger partial charge in [0.25, 0.3) is 10.0 Å². The Morgan fingerprint density at radius 2 is 1.80 bits per heavy atom. The second kappa shape index (κ2) is 8.18. The summed E-state index contributed by atoms with van der Waals surface area (Å²) in [4.78, 5) is 1.37. The van der Waals surface area contributed by atoms with E-state index in [4.69, 9.17) is 9.47 Å². The summed E-state index contributed by atoms with van der Waals surface area (Å²) in [5.74, 6) is 1.63. The fraction of sp³-hybridized carbons (Fsp3) is 0.412. The molecule has 25 heavy (non-hydrogen) atoms. The summed E-state index contributed by atoms with van der Waals surface area (Å²) >= 11 is 1.27. The van der Waals surface area contributed by atoms with Gasteiger partial charge in [0, 0.05) is 0 Å². The standard InChI is InChI=1S/C17H22N2O4S2/c1-22-15-4-6-16(7-5-15)23-13-12-18-8-10-19(11-9-18)25(20,21)17-3-2-14-24-17/h2-7,14H,8-13H2,1H3/p+1. The molecule has 0 aliphatic carbocycles. The Labute approximate surface area is 152 Å². The Hall–Kier alpha value is -1.61. The van der Waals surface area contributed by atoms with Gasteiger partial charge in [0.05, 0.1) is 33.3 Å². The summed E-state index contributed by atoms with van der Waals surface area (Å²) in [6.45, 7) is 4.18. The molecule has 1 aliphatic heterocycles. The molecule has 6 nitrogen and oxygen atoms in total. The number of hydrogen-bond donors (Lipinski definition) is 1. The molecule has 0 saturated carbocycles. The molecular formula is C17H23N2O4S2+. The predicted molar refractivity (Wildman–Crippen MR) is 97.1 cm³/mol. The maximum Gasteiger partial charge on any atom is 0.252 e. The summed E-state index contributed by atoms with van der Waals surface area (Å²) in [6.07, 6.45) is 0. The van der Waals surface area contributed by atoms with Gasteiger partial charge in [-0.15, -0.1) is 11.3 Å². The fourth-order valence-corrected chi connectivity index (χ4v) is 5.40. The molecular weight excluding hydrogens is 360 g/mol. The second-order valence-electron chi connectivity index (χ2n) is 5.86. The molecule has 0 unspecified atom stereocenters. The van der Waals surface area contributed by atoms with Crippen LogP contribution in [0.15, 0.2) is 46.0 Å². The van der Waals surface area contributed by atoms with Gasteiger partial charge in [-0.3, -0.25) is 0 Å². The van der Waals surface area contributed by atoms with Crippen molar-refractivity contribution in [2.24, 2.45) is 0 Å². The summed E-state index contributed by atoms with van der Waals surface area (Å²) < 4.78 is 37.9. The molecule has 0 bridgehead atoms. The van der Waals surface area contributed by atoms with E-state index in [-0.39, 0.29) is 0 Å². The van der Waals surface area contributed by atoms with E-state index < -0.39 is 10.0 Å². The second-order valence-corrected chi connectivity index (χ2v) is 8.97. The maximum atomic E-state index is 12.5. The van der Waals surface area contributed by atoms with Crippen molar-refractivity contribution < 1.29 is 22.8 Å². The molecule has 8 heteroatoms. The highest BCUT2D eigenvalue weighted by Crippen LogP contribution is 2.20. The van der Waals surface area contributed by atoms with E-state index in [1.807, 2.05) is 24.3 Å². The topological polar surface area (TPSA) is 60.3 Å². The molecule has 0 radical (unpaired) electrons. The number of ether oxygens (including phenoxy) is 2. The highest BCUT2D eigenvalue weighted by atomic mass is 32.2. The number of quaternary nitrogens is 1. The third-order valence-electron chi connectivity index (χ3n) is 4.30. The van der Waals surface area contributed by atoms with E-state index >= 15 is 0 Å². The van der Waals surface area contributed by atoms with Crippen LogP contribution >= 0.6 is 11.3 Å². The molecule has 1 fully saturated rings. The average Bonchev–Trinajstić information content (AvgIpc) is 3.18. The van der Waals surface area contributed by atoms with Gasteiger partial charge in [-0.1, -0.05) is 6.07 Å². The van der Waals surface area contributed by atoms with E-state index in [0.717, 1.165) is 31.1 Å². The van der Waals surface area contributed by atoms with Gasteiger partial charge < -0.3 is 14.4 Å². The Bertz CT molecular complexity index is 752. The normalized spacial score (nSPS) is 16.7. The van der Waals surface area contributed by atoms with Crippen molar-refractivity contribution in [2.45, 2.75) is 4.21 Å². The minimum atomic E-state index is -3.32. The van der Waals surface area contributed by atoms with Gasteiger partial charge in [-0.2, -0.15) is 4.31 Å². The van der Waals surface area contributed by atoms with Crippen molar-refractivity contribution in [3.8, 4) is 11.5 Å². The molecule has 1 aliphatic rings. The molecule has 136 valence electrons. The monoisotopic (exact) mass is 383 g/mol. The van der Waals surface area contributed by atoms with Gasteiger partial charge in [0.15, 0.2) is 0 Å². The quantitative estimate of drug-likeness (QED) is 0.766. The van der Waals surface area contributed by atoms with Crippen molar-refractivity contribution in [2.75, 3.05) is 46.4 Å². The lowest BCUT2D eigenvalue weighted by Gasteiger charge is -2.31. The lowest BCUT2D eigenvalue weighted by atomic mass is 10.3. The van der Waals surface area contributed by atoms with Crippen LogP contribution in [0.1, 0.15) is 0 Å². The molecule has 0 amide bonds. The van der Waals surface area contributed by atoms with E-state index in [1.54, 1.807) is 28.9 Å². The Morgan fingerprint density at radius 1 is 1.12 bits per heavy atom. The van der Waals surface area contributed by atoms with Crippen LogP contribution in [-0.2, 0) is 10.0 Å². The van der Waals surface area contributed by atoms with Crippen molar-refractivity contribution in [1.82, 2.24) is 4.31 Å². The van der Waals surface area contributed by atoms with Crippen LogP contribution in [0.25, 0.3) is 0 Å². The molecule has 2 aromatic rings. The van der Waals surface area contributed by atoms with Gasteiger partial charge in [0.1, 0.15) is 28.9 Å². The van der Waals surface area contributed by atoms with Crippen LogP contribution in [0, 0.1) is 0 Å². The van der Waals surface area contributed by atoms with Gasteiger partial charge in [0.2, 0.25) is 0 Å². The van der Waals surface area contributed by atoms with Crippen LogP contribution < -0.4 is 14.4 Å². The van der Waals surface area contributed by atoms with Crippen molar-refractivity contribution >= 4 is 21.4 Å². The number of piperazine rings is 1. The summed E-state index contributed by atoms with van der Waals surface area (Å²) in [6, 6.07) is 11.0. The first kappa shape index (κ1) is 18.2.